The van der Waals surface area contributed by atoms with Crippen LogP contribution in [0.3, 0.4) is 0 Å². The lowest BCUT2D eigenvalue weighted by atomic mass is 9.81. The molecule has 2 aromatic heterocycles. The van der Waals surface area contributed by atoms with Gasteiger partial charge in [0.1, 0.15) is 22.2 Å². The normalized spacial score (nSPS) is 18.1. The zero-order valence-corrected chi connectivity index (χ0v) is 42.1. The second kappa shape index (κ2) is 25.5. The summed E-state index contributed by atoms with van der Waals surface area (Å²) in [6.07, 6.45) is 10.7. The van der Waals surface area contributed by atoms with Gasteiger partial charge in [-0.1, -0.05) is 50.1 Å². The number of esters is 5. The van der Waals surface area contributed by atoms with Crippen molar-refractivity contribution in [3.63, 3.8) is 0 Å². The summed E-state index contributed by atoms with van der Waals surface area (Å²) in [6, 6.07) is 25.3. The summed E-state index contributed by atoms with van der Waals surface area (Å²) >= 11 is 1.65. The summed E-state index contributed by atoms with van der Waals surface area (Å²) in [5.41, 5.74) is 5.03. The molecule has 2 fully saturated rings. The van der Waals surface area contributed by atoms with Gasteiger partial charge in [-0.15, -0.1) is 11.3 Å². The molecular formula is C58H61N3O12S. The van der Waals surface area contributed by atoms with E-state index in [0.717, 1.165) is 60.3 Å². The van der Waals surface area contributed by atoms with Gasteiger partial charge in [-0.25, -0.2) is 14.6 Å². The molecule has 8 rings (SSSR count). The van der Waals surface area contributed by atoms with Crippen molar-refractivity contribution in [3.8, 4) is 22.1 Å². The van der Waals surface area contributed by atoms with Gasteiger partial charge in [0, 0.05) is 52.9 Å². The zero-order chi connectivity index (χ0) is 52.0. The number of benzene rings is 4. The molecule has 1 unspecified atom stereocenters. The third kappa shape index (κ3) is 13.4. The maximum absolute atomic E-state index is 13.6. The van der Waals surface area contributed by atoms with E-state index in [9.17, 15) is 29.1 Å². The first kappa shape index (κ1) is 52.9. The number of fused-ring (bicyclic) bond motifs is 4. The summed E-state index contributed by atoms with van der Waals surface area (Å²) < 4.78 is 36.3. The minimum Gasteiger partial charge on any atom is -0.465 e. The summed E-state index contributed by atoms with van der Waals surface area (Å²) in [7, 11) is 0. The van der Waals surface area contributed by atoms with Crippen LogP contribution < -0.4 is 9.47 Å². The van der Waals surface area contributed by atoms with Crippen LogP contribution in [0.4, 0.5) is 5.69 Å². The first-order chi connectivity index (χ1) is 36.0. The van der Waals surface area contributed by atoms with Crippen LogP contribution in [-0.2, 0) is 42.9 Å². The predicted octanol–water partition coefficient (Wildman–Crippen LogP) is 11.2. The number of thiazole rings is 1. The lowest BCUT2D eigenvalue weighted by Crippen LogP contribution is -2.32. The van der Waals surface area contributed by atoms with E-state index in [4.69, 9.17) is 38.4 Å². The lowest BCUT2D eigenvalue weighted by Gasteiger charge is -2.30. The van der Waals surface area contributed by atoms with E-state index >= 15 is 0 Å². The first-order valence-electron chi connectivity index (χ1n) is 25.2. The molecule has 16 heteroatoms. The van der Waals surface area contributed by atoms with Crippen molar-refractivity contribution in [1.29, 1.82) is 0 Å². The van der Waals surface area contributed by atoms with Crippen molar-refractivity contribution in [2.75, 3.05) is 26.4 Å². The smallest absolute Gasteiger partial charge is 0.330 e. The summed E-state index contributed by atoms with van der Waals surface area (Å²) in [6.45, 7) is 11.8. The highest BCUT2D eigenvalue weighted by Crippen LogP contribution is 2.39. The number of aromatic nitrogens is 2. The zero-order valence-electron chi connectivity index (χ0n) is 41.3. The molecule has 0 saturated heterocycles. The van der Waals surface area contributed by atoms with Gasteiger partial charge in [-0.3, -0.25) is 19.4 Å². The van der Waals surface area contributed by atoms with Crippen molar-refractivity contribution < 1.29 is 57.5 Å². The van der Waals surface area contributed by atoms with Crippen molar-refractivity contribution >= 4 is 91.3 Å². The quantitative estimate of drug-likeness (QED) is 0.0121. The van der Waals surface area contributed by atoms with E-state index in [1.54, 1.807) is 42.0 Å². The molecule has 1 N–H and O–H groups in total. The van der Waals surface area contributed by atoms with Crippen molar-refractivity contribution in [2.45, 2.75) is 83.3 Å². The maximum atomic E-state index is 13.6. The number of ether oxygens (including phenoxy) is 6. The molecule has 386 valence electrons. The van der Waals surface area contributed by atoms with Crippen LogP contribution in [0.5, 0.6) is 11.5 Å². The Hall–Kier alpha value is -7.43. The minimum absolute atomic E-state index is 0.217. The van der Waals surface area contributed by atoms with E-state index in [2.05, 4.69) is 54.6 Å². The van der Waals surface area contributed by atoms with Gasteiger partial charge >= 0.3 is 29.8 Å². The average molecular weight is 1020 g/mol. The highest BCUT2D eigenvalue weighted by molar-refractivity contribution is 7.21. The summed E-state index contributed by atoms with van der Waals surface area (Å²) in [5, 5.41) is 14.4. The van der Waals surface area contributed by atoms with Gasteiger partial charge in [-0.2, -0.15) is 0 Å². The third-order valence-corrected chi connectivity index (χ3v) is 14.7. The van der Waals surface area contributed by atoms with Gasteiger partial charge in [-0.05, 0) is 125 Å². The van der Waals surface area contributed by atoms with E-state index in [0.29, 0.717) is 82.7 Å². The maximum Gasteiger partial charge on any atom is 0.330 e. The molecule has 6 aromatic rings. The molecule has 0 spiro atoms. The van der Waals surface area contributed by atoms with Crippen molar-refractivity contribution in [3.05, 3.63) is 116 Å². The van der Waals surface area contributed by atoms with E-state index in [1.165, 1.54) is 0 Å². The number of hydrogen-bond donors (Lipinski definition) is 1. The molecule has 2 heterocycles. The van der Waals surface area contributed by atoms with Crippen LogP contribution in [0.15, 0.2) is 116 Å². The van der Waals surface area contributed by atoms with Crippen molar-refractivity contribution in [2.24, 2.45) is 28.7 Å². The fraction of sp³-hybridized carbons (Fsp3) is 0.362. The molecule has 2 aliphatic carbocycles. The molecule has 0 radical (unpaired) electrons. The number of aliphatic hydroxyl groups excluding tert-OH is 1. The van der Waals surface area contributed by atoms with Crippen LogP contribution in [-0.4, -0.2) is 83.4 Å². The fourth-order valence-corrected chi connectivity index (χ4v) is 10.4. The Morgan fingerprint density at radius 3 is 1.91 bits per heavy atom. The van der Waals surface area contributed by atoms with E-state index in [-0.39, 0.29) is 67.6 Å². The van der Waals surface area contributed by atoms with Crippen LogP contribution in [0.1, 0.15) is 82.6 Å². The van der Waals surface area contributed by atoms with Crippen LogP contribution >= 0.6 is 11.3 Å². The SMILES string of the molecule is C=CC(=O)OCCCCOC(=O)C1CCC(C(=O)Oc2ccc(OC(O)C3CCC(C(=O)OCCCCOC(=O)C=C)CC3)c(/N=C/c3ccc4c(c3)c3ccc(-c5nc6ccccc6s5)cc3n4C=C)c2)CC1. The second-order valence-electron chi connectivity index (χ2n) is 18.5. The van der Waals surface area contributed by atoms with Gasteiger partial charge < -0.3 is 38.1 Å². The minimum atomic E-state index is -1.22. The summed E-state index contributed by atoms with van der Waals surface area (Å²) in [5.74, 6) is -2.78. The van der Waals surface area contributed by atoms with Gasteiger partial charge in [0.2, 0.25) is 0 Å². The third-order valence-electron chi connectivity index (χ3n) is 13.6. The molecule has 1 atom stereocenters. The molecule has 2 saturated carbocycles. The van der Waals surface area contributed by atoms with E-state index < -0.39 is 30.1 Å². The highest BCUT2D eigenvalue weighted by Gasteiger charge is 2.34. The Bertz CT molecular complexity index is 3020. The number of nitrogens with zero attached hydrogens (tertiary/aromatic N) is 3. The molecule has 0 bridgehead atoms. The fourth-order valence-electron chi connectivity index (χ4n) is 9.46. The topological polar surface area (TPSA) is 191 Å². The lowest BCUT2D eigenvalue weighted by molar-refractivity contribution is -0.152. The largest absolute Gasteiger partial charge is 0.465 e. The molecule has 0 aliphatic heterocycles. The monoisotopic (exact) mass is 1020 g/mol. The average Bonchev–Trinajstić information content (AvgIpc) is 4.01. The van der Waals surface area contributed by atoms with Crippen LogP contribution in [0.25, 0.3) is 48.8 Å². The van der Waals surface area contributed by atoms with E-state index in [1.807, 2.05) is 30.3 Å². The predicted molar refractivity (Wildman–Crippen MR) is 284 cm³/mol. The highest BCUT2D eigenvalue weighted by atomic mass is 32.1. The number of carbonyl (C=O) groups is 5. The molecule has 4 aromatic carbocycles. The number of aliphatic hydroxyl groups is 1. The Kier molecular flexibility index (Phi) is 18.2. The standard InChI is InChI=1S/C58H61N3O12S/c1-4-52(62)68-29-9-11-31-70-55(64)38-16-20-40(21-17-38)57(66)72-43-25-28-50(73-58(67)41-22-18-39(19-23-41)56(65)71-32-12-10-30-69-53(63)5-2)47(35-43)59-36-37-15-27-48-45(33-37)44-26-24-42(34-49(44)61(48)6-3)54-60-46-13-7-8-14-51(46)74-54/h4-8,13-15,24-28,33-36,38-41,58,67H,1-3,9-12,16-23,29-32H2/b59-36+. The Morgan fingerprint density at radius 1 is 0.676 bits per heavy atom. The number of rotatable bonds is 23. The van der Waals surface area contributed by atoms with Gasteiger partial charge in [0.15, 0.2) is 6.29 Å². The number of carbonyl (C=O) groups excluding carboxylic acids is 5. The number of unbranched alkanes of at least 4 members (excludes halogenated alkanes) is 2. The van der Waals surface area contributed by atoms with Crippen LogP contribution in [0.2, 0.25) is 0 Å². The second-order valence-corrected chi connectivity index (χ2v) is 19.5. The first-order valence-corrected chi connectivity index (χ1v) is 26.1. The van der Waals surface area contributed by atoms with Gasteiger partial charge in [0.05, 0.1) is 65.4 Å². The molecular weight excluding hydrogens is 963 g/mol. The molecule has 0 amide bonds. The molecule has 74 heavy (non-hydrogen) atoms. The summed E-state index contributed by atoms with van der Waals surface area (Å²) in [4.78, 5) is 71.5. The molecule has 15 nitrogen and oxygen atoms in total. The van der Waals surface area contributed by atoms with Crippen LogP contribution in [0, 0.1) is 23.7 Å². The Balaban J connectivity index is 0.941. The molecule has 2 aliphatic rings. The number of para-hydroxylation sites is 1. The number of aliphatic imine (C=N–C) groups is 1. The Labute approximate surface area is 433 Å². The number of hydrogen-bond acceptors (Lipinski definition) is 15. The van der Waals surface area contributed by atoms with Gasteiger partial charge in [0.25, 0.3) is 0 Å². The Morgan fingerprint density at radius 2 is 1.28 bits per heavy atom. The van der Waals surface area contributed by atoms with Crippen molar-refractivity contribution in [1.82, 2.24) is 9.55 Å².